The molecular formula is C44H26O2S2. The van der Waals surface area contributed by atoms with Crippen LogP contribution in [0.25, 0.3) is 75.4 Å². The van der Waals surface area contributed by atoms with Gasteiger partial charge in [-0.25, -0.2) is 0 Å². The SMILES string of the molecule is Cc1ccc(Sc2ccc3c(c2Sc2ccc(C)cc2)c(=O)c2ccc4cc5c6ccccc6c(=O)c6ccc7cc3c2c4c7c65)cc1. The Balaban J connectivity index is 1.34. The van der Waals surface area contributed by atoms with E-state index in [-0.39, 0.29) is 10.9 Å². The zero-order valence-electron chi connectivity index (χ0n) is 26.2. The van der Waals surface area contributed by atoms with E-state index in [2.05, 4.69) is 98.8 Å². The van der Waals surface area contributed by atoms with Gasteiger partial charge in [0.15, 0.2) is 10.9 Å². The molecule has 10 aromatic carbocycles. The highest BCUT2D eigenvalue weighted by molar-refractivity contribution is 8.02. The zero-order chi connectivity index (χ0) is 32.3. The second kappa shape index (κ2) is 10.2. The molecule has 0 saturated carbocycles. The van der Waals surface area contributed by atoms with Gasteiger partial charge in [0.25, 0.3) is 0 Å². The normalized spacial score (nSPS) is 12.3. The van der Waals surface area contributed by atoms with Gasteiger partial charge in [0, 0.05) is 51.9 Å². The molecule has 0 bridgehead atoms. The van der Waals surface area contributed by atoms with Gasteiger partial charge in [0.05, 0.1) is 0 Å². The number of rotatable bonds is 4. The van der Waals surface area contributed by atoms with E-state index in [9.17, 15) is 9.59 Å². The van der Waals surface area contributed by atoms with Gasteiger partial charge in [-0.3, -0.25) is 9.59 Å². The van der Waals surface area contributed by atoms with Crippen LogP contribution in [0.15, 0.2) is 150 Å². The van der Waals surface area contributed by atoms with E-state index in [4.69, 9.17) is 0 Å². The summed E-state index contributed by atoms with van der Waals surface area (Å²) in [5, 5.41) is 13.3. The lowest BCUT2D eigenvalue weighted by atomic mass is 9.84. The van der Waals surface area contributed by atoms with Crippen molar-refractivity contribution in [3.05, 3.63) is 153 Å². The number of benzene rings is 10. The van der Waals surface area contributed by atoms with Gasteiger partial charge in [-0.2, -0.15) is 0 Å². The van der Waals surface area contributed by atoms with Crippen molar-refractivity contribution in [2.75, 3.05) is 0 Å². The second-order valence-electron chi connectivity index (χ2n) is 12.9. The molecule has 2 nitrogen and oxygen atoms in total. The first-order valence-corrected chi connectivity index (χ1v) is 17.7. The molecule has 0 aliphatic heterocycles. The average molecular weight is 651 g/mol. The van der Waals surface area contributed by atoms with Crippen LogP contribution in [0.1, 0.15) is 11.1 Å². The predicted molar refractivity (Wildman–Crippen MR) is 206 cm³/mol. The summed E-state index contributed by atoms with van der Waals surface area (Å²) >= 11 is 3.37. The van der Waals surface area contributed by atoms with E-state index >= 15 is 0 Å². The van der Waals surface area contributed by atoms with Crippen LogP contribution in [0.5, 0.6) is 0 Å². The largest absolute Gasteiger partial charge is 0.289 e. The lowest BCUT2D eigenvalue weighted by molar-refractivity contribution is 1.27. The molecule has 0 aliphatic carbocycles. The molecule has 0 spiro atoms. The Morgan fingerprint density at radius 3 is 1.54 bits per heavy atom. The first kappa shape index (κ1) is 27.9. The molecule has 0 aromatic heterocycles. The first-order chi connectivity index (χ1) is 23.4. The van der Waals surface area contributed by atoms with E-state index in [1.165, 1.54) is 11.1 Å². The summed E-state index contributed by atoms with van der Waals surface area (Å²) < 4.78 is 0. The molecular weight excluding hydrogens is 625 g/mol. The summed E-state index contributed by atoms with van der Waals surface area (Å²) in [6.45, 7) is 4.19. The van der Waals surface area contributed by atoms with E-state index in [1.54, 1.807) is 23.5 Å². The van der Waals surface area contributed by atoms with Crippen molar-refractivity contribution in [2.24, 2.45) is 0 Å². The van der Waals surface area contributed by atoms with Crippen LogP contribution in [0, 0.1) is 13.8 Å². The van der Waals surface area contributed by atoms with Gasteiger partial charge in [-0.15, -0.1) is 0 Å². The maximum atomic E-state index is 14.9. The molecule has 48 heavy (non-hydrogen) atoms. The highest BCUT2D eigenvalue weighted by atomic mass is 32.2. The number of fused-ring (bicyclic) bond motifs is 4. The van der Waals surface area contributed by atoms with Gasteiger partial charge in [-0.1, -0.05) is 101 Å². The summed E-state index contributed by atoms with van der Waals surface area (Å²) in [6, 6.07) is 42.0. The molecule has 4 heteroatoms. The maximum Gasteiger partial charge on any atom is 0.195 e. The molecule has 0 fully saturated rings. The summed E-state index contributed by atoms with van der Waals surface area (Å²) in [5.74, 6) is 0. The highest BCUT2D eigenvalue weighted by Gasteiger charge is 2.23. The van der Waals surface area contributed by atoms with Crippen molar-refractivity contribution in [1.29, 1.82) is 0 Å². The van der Waals surface area contributed by atoms with Crippen molar-refractivity contribution < 1.29 is 0 Å². The van der Waals surface area contributed by atoms with Gasteiger partial charge in [-0.05, 0) is 112 Å². The fraction of sp³-hybridized carbons (Fsp3) is 0.0455. The van der Waals surface area contributed by atoms with E-state index in [0.717, 1.165) is 95.0 Å². The summed E-state index contributed by atoms with van der Waals surface area (Å²) in [6.07, 6.45) is 0. The smallest absolute Gasteiger partial charge is 0.195 e. The standard InChI is InChI=1S/C44H26O2S2/c1-23-7-13-27(14-8-23)47-36-20-19-30-35-22-26-11-17-32-39-34(29-5-3-4-6-31(29)42(32)45)21-25-12-18-33(40(35)38(25)37(26)39)43(46)41(30)44(36)48-28-15-9-24(2)10-16-28/h3-22H,1-2H3. The minimum absolute atomic E-state index is 0.0466. The van der Waals surface area contributed by atoms with Crippen molar-refractivity contribution in [2.45, 2.75) is 33.4 Å². The fourth-order valence-electron chi connectivity index (χ4n) is 7.68. The molecule has 0 N–H and O–H groups in total. The van der Waals surface area contributed by atoms with E-state index in [0.29, 0.717) is 0 Å². The fourth-order valence-corrected chi connectivity index (χ4v) is 9.77. The molecule has 0 heterocycles. The van der Waals surface area contributed by atoms with Crippen LogP contribution >= 0.6 is 23.5 Å². The van der Waals surface area contributed by atoms with Gasteiger partial charge in [0.2, 0.25) is 0 Å². The lowest BCUT2D eigenvalue weighted by Crippen LogP contribution is -2.07. The van der Waals surface area contributed by atoms with Crippen LogP contribution in [0.3, 0.4) is 0 Å². The minimum atomic E-state index is 0.0466. The van der Waals surface area contributed by atoms with E-state index < -0.39 is 0 Å². The summed E-state index contributed by atoms with van der Waals surface area (Å²) in [7, 11) is 0. The third-order valence-corrected chi connectivity index (χ3v) is 12.3. The third kappa shape index (κ3) is 3.91. The number of hydrogen-bond donors (Lipinski definition) is 0. The Bertz CT molecular complexity index is 3040. The van der Waals surface area contributed by atoms with Gasteiger partial charge in [0.1, 0.15) is 0 Å². The lowest BCUT2D eigenvalue weighted by Gasteiger charge is -2.20. The van der Waals surface area contributed by atoms with Crippen LogP contribution in [0.2, 0.25) is 0 Å². The Kier molecular flexibility index (Phi) is 5.91. The van der Waals surface area contributed by atoms with Crippen molar-refractivity contribution in [3.8, 4) is 0 Å². The molecule has 0 radical (unpaired) electrons. The van der Waals surface area contributed by atoms with Gasteiger partial charge < -0.3 is 0 Å². The highest BCUT2D eigenvalue weighted by Crippen LogP contribution is 2.48. The van der Waals surface area contributed by atoms with Crippen molar-refractivity contribution >= 4 is 98.9 Å². The Morgan fingerprint density at radius 2 is 0.917 bits per heavy atom. The van der Waals surface area contributed by atoms with Crippen molar-refractivity contribution in [3.63, 3.8) is 0 Å². The summed E-state index contributed by atoms with van der Waals surface area (Å²) in [5.41, 5.74) is 2.52. The molecule has 0 aliphatic rings. The molecule has 226 valence electrons. The Labute approximate surface area is 284 Å². The van der Waals surface area contributed by atoms with Gasteiger partial charge >= 0.3 is 0 Å². The van der Waals surface area contributed by atoms with Crippen LogP contribution in [-0.4, -0.2) is 0 Å². The molecule has 10 rings (SSSR count). The van der Waals surface area contributed by atoms with Crippen molar-refractivity contribution in [1.82, 2.24) is 0 Å². The predicted octanol–water partition coefficient (Wildman–Crippen LogP) is 11.7. The van der Waals surface area contributed by atoms with E-state index in [1.807, 2.05) is 36.4 Å². The first-order valence-electron chi connectivity index (χ1n) is 16.1. The topological polar surface area (TPSA) is 34.1 Å². The minimum Gasteiger partial charge on any atom is -0.289 e. The third-order valence-electron chi connectivity index (χ3n) is 9.94. The Morgan fingerprint density at radius 1 is 0.396 bits per heavy atom. The molecule has 10 aromatic rings. The number of aryl methyl sites for hydroxylation is 2. The monoisotopic (exact) mass is 650 g/mol. The van der Waals surface area contributed by atoms with Crippen LogP contribution in [0.4, 0.5) is 0 Å². The summed E-state index contributed by atoms with van der Waals surface area (Å²) in [4.78, 5) is 32.9. The second-order valence-corrected chi connectivity index (χ2v) is 15.1. The average Bonchev–Trinajstić information content (AvgIpc) is 3.11. The molecule has 0 amide bonds. The van der Waals surface area contributed by atoms with Crippen LogP contribution < -0.4 is 10.9 Å². The zero-order valence-corrected chi connectivity index (χ0v) is 27.8. The Hall–Kier alpha value is -5.16. The molecule has 0 unspecified atom stereocenters. The quantitative estimate of drug-likeness (QED) is 0.140. The van der Waals surface area contributed by atoms with Crippen LogP contribution in [-0.2, 0) is 0 Å². The molecule has 0 atom stereocenters. The number of hydrogen-bond acceptors (Lipinski definition) is 4. The molecule has 0 saturated heterocycles. The maximum absolute atomic E-state index is 14.9.